The summed E-state index contributed by atoms with van der Waals surface area (Å²) in [5, 5.41) is 13.1. The van der Waals surface area contributed by atoms with E-state index in [0.29, 0.717) is 45.1 Å². The number of pyridine rings is 3. The maximum atomic E-state index is 15.7. The molecule has 222 valence electrons. The molecule has 1 aliphatic heterocycles. The van der Waals surface area contributed by atoms with Crippen molar-refractivity contribution in [2.24, 2.45) is 0 Å². The Morgan fingerprint density at radius 1 is 1.09 bits per heavy atom. The molecule has 5 aromatic heterocycles. The molecule has 0 spiro atoms. The van der Waals surface area contributed by atoms with Crippen LogP contribution >= 0.6 is 0 Å². The van der Waals surface area contributed by atoms with Crippen LogP contribution in [-0.2, 0) is 6.42 Å². The van der Waals surface area contributed by atoms with Gasteiger partial charge in [-0.2, -0.15) is 0 Å². The summed E-state index contributed by atoms with van der Waals surface area (Å²) in [6, 6.07) is 3.17. The fourth-order valence-corrected chi connectivity index (χ4v) is 6.49. The summed E-state index contributed by atoms with van der Waals surface area (Å²) in [4.78, 5) is 39.8. The van der Waals surface area contributed by atoms with E-state index < -0.39 is 28.6 Å². The lowest BCUT2D eigenvalue weighted by Gasteiger charge is -2.18. The number of nitrogens with one attached hydrogen (secondary N) is 3. The summed E-state index contributed by atoms with van der Waals surface area (Å²) in [5.74, 6) is -3.38. The van der Waals surface area contributed by atoms with Crippen LogP contribution in [0.3, 0.4) is 0 Å². The summed E-state index contributed by atoms with van der Waals surface area (Å²) in [7, 11) is 3.21. The van der Waals surface area contributed by atoms with Gasteiger partial charge in [0, 0.05) is 74.9 Å². The Hall–Kier alpha value is -5.46. The molecule has 8 rings (SSSR count). The van der Waals surface area contributed by atoms with Crippen molar-refractivity contribution < 1.29 is 18.7 Å². The predicted molar refractivity (Wildman–Crippen MR) is 164 cm³/mol. The molecule has 4 N–H and O–H groups in total. The number of nitrogens with zero attached hydrogens (tertiary/aromatic N) is 5. The lowest BCUT2D eigenvalue weighted by molar-refractivity contribution is 0.0695. The van der Waals surface area contributed by atoms with Crippen LogP contribution in [0.15, 0.2) is 47.9 Å². The number of aromatic amines is 1. The molecule has 1 fully saturated rings. The van der Waals surface area contributed by atoms with Gasteiger partial charge in [0.05, 0.1) is 38.7 Å². The Labute approximate surface area is 247 Å². The zero-order valence-corrected chi connectivity index (χ0v) is 23.7. The smallest absolute Gasteiger partial charge is 0.341 e. The number of fused-ring (bicyclic) bond motifs is 5. The monoisotopic (exact) mass is 596 g/mol. The Balaban J connectivity index is 1.47. The van der Waals surface area contributed by atoms with E-state index in [4.69, 9.17) is 0 Å². The van der Waals surface area contributed by atoms with Crippen molar-refractivity contribution in [3.63, 3.8) is 0 Å². The van der Waals surface area contributed by atoms with E-state index in [1.54, 1.807) is 32.6 Å². The van der Waals surface area contributed by atoms with Crippen molar-refractivity contribution in [2.75, 3.05) is 36.3 Å². The van der Waals surface area contributed by atoms with Gasteiger partial charge >= 0.3 is 5.97 Å². The molecule has 13 heteroatoms. The van der Waals surface area contributed by atoms with Crippen LogP contribution < -0.4 is 21.1 Å². The number of hydrogen-bond acceptors (Lipinski definition) is 7. The minimum Gasteiger partial charge on any atom is -0.477 e. The van der Waals surface area contributed by atoms with Crippen molar-refractivity contribution in [1.82, 2.24) is 24.2 Å². The number of aromatic nitrogens is 5. The average Bonchev–Trinajstić information content (AvgIpc) is 3.47. The number of rotatable bonds is 6. The number of carboxylic acids is 1. The molecule has 44 heavy (non-hydrogen) atoms. The van der Waals surface area contributed by atoms with E-state index in [-0.39, 0.29) is 16.4 Å². The zero-order valence-electron chi connectivity index (χ0n) is 23.7. The molecule has 0 radical (unpaired) electrons. The molecule has 0 amide bonds. The molecule has 0 atom stereocenters. The maximum absolute atomic E-state index is 15.7. The van der Waals surface area contributed by atoms with Crippen LogP contribution in [0.2, 0.25) is 0 Å². The van der Waals surface area contributed by atoms with Gasteiger partial charge in [0.15, 0.2) is 17.3 Å². The highest BCUT2D eigenvalue weighted by Gasteiger charge is 2.35. The van der Waals surface area contributed by atoms with Crippen molar-refractivity contribution in [2.45, 2.75) is 25.3 Å². The van der Waals surface area contributed by atoms with E-state index >= 15 is 4.39 Å². The van der Waals surface area contributed by atoms with Crippen molar-refractivity contribution in [3.05, 3.63) is 76.1 Å². The molecular weight excluding hydrogens is 570 g/mol. The van der Waals surface area contributed by atoms with Gasteiger partial charge in [-0.05, 0) is 30.9 Å². The topological polar surface area (TPSA) is 133 Å². The van der Waals surface area contributed by atoms with Crippen LogP contribution in [0, 0.1) is 11.6 Å². The molecule has 2 aliphatic rings. The van der Waals surface area contributed by atoms with E-state index in [0.717, 1.165) is 43.1 Å². The first kappa shape index (κ1) is 26.2. The maximum Gasteiger partial charge on any atom is 0.341 e. The fraction of sp³-hybridized carbons (Fsp3) is 0.226. The molecule has 0 saturated heterocycles. The number of carbonyl (C=O) groups is 1. The van der Waals surface area contributed by atoms with Gasteiger partial charge < -0.3 is 30.3 Å². The van der Waals surface area contributed by atoms with Crippen molar-refractivity contribution in [3.8, 4) is 16.8 Å². The predicted octanol–water partition coefficient (Wildman–Crippen LogP) is 4.60. The van der Waals surface area contributed by atoms with Crippen molar-refractivity contribution in [1.29, 1.82) is 0 Å². The number of carboxylic acid groups (broad SMARTS) is 1. The average molecular weight is 597 g/mol. The van der Waals surface area contributed by atoms with Gasteiger partial charge in [0.1, 0.15) is 11.2 Å². The second-order valence-electron chi connectivity index (χ2n) is 11.2. The minimum atomic E-state index is -1.37. The van der Waals surface area contributed by atoms with Gasteiger partial charge in [0.25, 0.3) is 0 Å². The Kier molecular flexibility index (Phi) is 5.52. The van der Waals surface area contributed by atoms with Gasteiger partial charge in [0.2, 0.25) is 5.43 Å². The Morgan fingerprint density at radius 3 is 2.64 bits per heavy atom. The lowest BCUT2D eigenvalue weighted by Crippen LogP contribution is -2.22. The second kappa shape index (κ2) is 9.27. The summed E-state index contributed by atoms with van der Waals surface area (Å²) < 4.78 is 34.0. The van der Waals surface area contributed by atoms with E-state index in [1.165, 1.54) is 10.9 Å². The third kappa shape index (κ3) is 3.64. The van der Waals surface area contributed by atoms with E-state index in [9.17, 15) is 19.1 Å². The van der Waals surface area contributed by atoms with Crippen LogP contribution in [0.25, 0.3) is 49.8 Å². The Bertz CT molecular complexity index is 2270. The highest BCUT2D eigenvalue weighted by atomic mass is 19.2. The van der Waals surface area contributed by atoms with E-state index in [1.807, 2.05) is 17.0 Å². The largest absolute Gasteiger partial charge is 0.477 e. The first-order chi connectivity index (χ1) is 21.3. The van der Waals surface area contributed by atoms with Crippen LogP contribution in [0.1, 0.15) is 28.8 Å². The lowest BCUT2D eigenvalue weighted by atomic mass is 10.0. The molecule has 0 unspecified atom stereocenters. The summed E-state index contributed by atoms with van der Waals surface area (Å²) >= 11 is 0. The molecule has 6 aromatic rings. The number of anilines is 2. The highest BCUT2D eigenvalue weighted by molar-refractivity contribution is 6.16. The van der Waals surface area contributed by atoms with Gasteiger partial charge in [-0.25, -0.2) is 28.2 Å². The molecule has 0 bridgehead atoms. The first-order valence-corrected chi connectivity index (χ1v) is 14.2. The molecule has 1 aliphatic carbocycles. The van der Waals surface area contributed by atoms with Gasteiger partial charge in [-0.3, -0.25) is 4.79 Å². The third-order valence-electron chi connectivity index (χ3n) is 8.72. The molecule has 6 heterocycles. The number of halogens is 2. The standard InChI is InChI=1S/C31H26F2N8O3/c1-34-21-8-20(32)25(33)23-24-27(39-11-14-5-6-40(16-3-4-16)22(14)13-39)18(10-36-29(24)38-26(21)23)15-7-17-28(42)19(31(43)44)12-41(35-2)30(17)37-9-15/h7-13,16,34-35H,3-6H2,1-2H3,(H,36,38)(H,43,44). The second-order valence-corrected chi connectivity index (χ2v) is 11.2. The Morgan fingerprint density at radius 2 is 1.91 bits per heavy atom. The van der Waals surface area contributed by atoms with Crippen LogP contribution in [-0.4, -0.2) is 62.0 Å². The minimum absolute atomic E-state index is 0.0426. The van der Waals surface area contributed by atoms with Crippen LogP contribution in [0.5, 0.6) is 0 Å². The summed E-state index contributed by atoms with van der Waals surface area (Å²) in [5.41, 5.74) is 6.80. The number of benzene rings is 1. The molecule has 11 nitrogen and oxygen atoms in total. The quantitative estimate of drug-likeness (QED) is 0.219. The number of aromatic carboxylic acids is 1. The third-order valence-corrected chi connectivity index (χ3v) is 8.72. The molecule has 1 saturated carbocycles. The van der Waals surface area contributed by atoms with E-state index in [2.05, 4.69) is 30.6 Å². The number of hydrogen-bond donors (Lipinski definition) is 4. The molecule has 1 aromatic carbocycles. The highest BCUT2D eigenvalue weighted by Crippen LogP contribution is 2.44. The van der Waals surface area contributed by atoms with Crippen molar-refractivity contribution >= 4 is 50.3 Å². The molecular formula is C31H26F2N8O3. The van der Waals surface area contributed by atoms with Gasteiger partial charge in [-0.1, -0.05) is 0 Å². The van der Waals surface area contributed by atoms with Crippen LogP contribution in [0.4, 0.5) is 20.2 Å². The first-order valence-electron chi connectivity index (χ1n) is 14.2. The summed E-state index contributed by atoms with van der Waals surface area (Å²) in [6.07, 6.45) is 11.5. The SMILES string of the molecule is CNc1cc(F)c(F)c2c1[nH]c1ncc(-c3cnc4c(c3)c(=O)c(C(=O)O)cn4NC)c(-n3cc4c(c3)N(C3CC3)CC4)c12. The normalized spacial score (nSPS) is 14.6. The summed E-state index contributed by atoms with van der Waals surface area (Å²) in [6.45, 7) is 0.936. The fourth-order valence-electron chi connectivity index (χ4n) is 6.49. The van der Waals surface area contributed by atoms with Gasteiger partial charge in [-0.15, -0.1) is 0 Å². The number of H-pyrrole nitrogens is 1. The zero-order chi connectivity index (χ0) is 30.4.